The van der Waals surface area contributed by atoms with Crippen LogP contribution in [0.3, 0.4) is 0 Å². The van der Waals surface area contributed by atoms with Gasteiger partial charge in [-0.3, -0.25) is 14.5 Å². The fourth-order valence-corrected chi connectivity index (χ4v) is 4.95. The number of benzene rings is 1. The first-order valence-electron chi connectivity index (χ1n) is 11.0. The minimum Gasteiger partial charge on any atom is -0.360 e. The molecule has 1 saturated heterocycles. The summed E-state index contributed by atoms with van der Waals surface area (Å²) in [7, 11) is 0. The van der Waals surface area contributed by atoms with Gasteiger partial charge in [-0.25, -0.2) is 0 Å². The molecule has 2 aliphatic rings. The SMILES string of the molecule is [C-]#[N+]c1ncc(N2C(=O)C3(CCC3)N(c3ccc(CCCC(=O)CC)cc3)C2=S)cc1C. The van der Waals surface area contributed by atoms with Gasteiger partial charge in [0.15, 0.2) is 5.11 Å². The zero-order chi connectivity index (χ0) is 22.9. The van der Waals surface area contributed by atoms with E-state index in [2.05, 4.69) is 22.0 Å². The molecule has 7 heteroatoms. The Labute approximate surface area is 194 Å². The highest BCUT2D eigenvalue weighted by atomic mass is 32.1. The van der Waals surface area contributed by atoms with E-state index >= 15 is 0 Å². The molecule has 164 valence electrons. The van der Waals surface area contributed by atoms with Crippen molar-refractivity contribution in [3.63, 3.8) is 0 Å². The maximum atomic E-state index is 13.5. The van der Waals surface area contributed by atoms with Crippen molar-refractivity contribution in [3.8, 4) is 0 Å². The molecule has 0 unspecified atom stereocenters. The first kappa shape index (κ1) is 22.1. The fraction of sp³-hybridized carbons (Fsp3) is 0.400. The van der Waals surface area contributed by atoms with Crippen molar-refractivity contribution in [1.29, 1.82) is 0 Å². The molecule has 0 bridgehead atoms. The quantitative estimate of drug-likeness (QED) is 0.426. The summed E-state index contributed by atoms with van der Waals surface area (Å²) in [6, 6.07) is 9.97. The van der Waals surface area contributed by atoms with Crippen LogP contribution < -0.4 is 9.80 Å². The van der Waals surface area contributed by atoms with Gasteiger partial charge in [0.05, 0.1) is 5.69 Å². The van der Waals surface area contributed by atoms with Crippen LogP contribution in [-0.2, 0) is 16.0 Å². The number of anilines is 2. The van der Waals surface area contributed by atoms with Gasteiger partial charge in [-0.1, -0.05) is 25.6 Å². The molecular weight excluding hydrogens is 420 g/mol. The number of aryl methyl sites for hydroxylation is 2. The van der Waals surface area contributed by atoms with E-state index in [4.69, 9.17) is 18.8 Å². The fourth-order valence-electron chi connectivity index (χ4n) is 4.48. The topological polar surface area (TPSA) is 57.9 Å². The maximum absolute atomic E-state index is 13.5. The second kappa shape index (κ2) is 8.79. The van der Waals surface area contributed by atoms with E-state index in [1.807, 2.05) is 30.9 Å². The third kappa shape index (κ3) is 3.69. The highest BCUT2D eigenvalue weighted by Gasteiger charge is 2.59. The van der Waals surface area contributed by atoms with Crippen molar-refractivity contribution in [2.24, 2.45) is 0 Å². The number of nitrogens with zero attached hydrogens (tertiary/aromatic N) is 4. The smallest absolute Gasteiger partial charge is 0.272 e. The number of hydrogen-bond acceptors (Lipinski definition) is 4. The van der Waals surface area contributed by atoms with Crippen LogP contribution in [0.25, 0.3) is 4.85 Å². The van der Waals surface area contributed by atoms with Crippen LogP contribution in [0.2, 0.25) is 0 Å². The van der Waals surface area contributed by atoms with Gasteiger partial charge >= 0.3 is 0 Å². The van der Waals surface area contributed by atoms with Crippen molar-refractivity contribution in [3.05, 3.63) is 59.1 Å². The maximum Gasteiger partial charge on any atom is 0.272 e. The Hall–Kier alpha value is -3.11. The Morgan fingerprint density at radius 2 is 1.97 bits per heavy atom. The van der Waals surface area contributed by atoms with Gasteiger partial charge in [0.25, 0.3) is 11.7 Å². The van der Waals surface area contributed by atoms with Crippen LogP contribution in [0.4, 0.5) is 17.2 Å². The van der Waals surface area contributed by atoms with Crippen LogP contribution in [0, 0.1) is 13.5 Å². The lowest BCUT2D eigenvalue weighted by Gasteiger charge is -2.43. The van der Waals surface area contributed by atoms with E-state index in [0.717, 1.165) is 43.4 Å². The standard InChI is InChI=1S/C25H26N4O2S/c1-4-21(30)8-5-7-18-9-11-19(12-10-18)29-24(32)28(23(31)25(29)13-6-14-25)20-15-17(2)22(26-3)27-16-20/h9-12,15-16H,4-8,13-14H2,1-2H3. The summed E-state index contributed by atoms with van der Waals surface area (Å²) in [5.41, 5.74) is 2.76. The summed E-state index contributed by atoms with van der Waals surface area (Å²) in [5, 5.41) is 0.452. The second-order valence-electron chi connectivity index (χ2n) is 8.50. The Balaban J connectivity index is 1.59. The number of ketones is 1. The molecule has 2 aromatic rings. The van der Waals surface area contributed by atoms with E-state index in [0.29, 0.717) is 35.2 Å². The van der Waals surface area contributed by atoms with Gasteiger partial charge in [-0.05, 0) is 80.6 Å². The molecule has 0 radical (unpaired) electrons. The van der Waals surface area contributed by atoms with Crippen LogP contribution in [-0.4, -0.2) is 27.3 Å². The highest BCUT2D eigenvalue weighted by molar-refractivity contribution is 7.81. The predicted octanol–water partition coefficient (Wildman–Crippen LogP) is 5.30. The average molecular weight is 447 g/mol. The first-order valence-corrected chi connectivity index (χ1v) is 11.5. The zero-order valence-corrected chi connectivity index (χ0v) is 19.2. The molecule has 1 aliphatic heterocycles. The number of carbonyl (C=O) groups is 2. The number of amides is 1. The predicted molar refractivity (Wildman–Crippen MR) is 129 cm³/mol. The van der Waals surface area contributed by atoms with Crippen molar-refractivity contribution in [1.82, 2.24) is 4.98 Å². The molecule has 0 atom stereocenters. The molecule has 1 aromatic carbocycles. The summed E-state index contributed by atoms with van der Waals surface area (Å²) in [6.07, 6.45) is 6.96. The van der Waals surface area contributed by atoms with Crippen molar-refractivity contribution in [2.45, 2.75) is 64.3 Å². The lowest BCUT2D eigenvalue weighted by molar-refractivity contribution is -0.124. The van der Waals surface area contributed by atoms with E-state index in [1.165, 1.54) is 5.56 Å². The van der Waals surface area contributed by atoms with Crippen LogP contribution >= 0.6 is 12.2 Å². The van der Waals surface area contributed by atoms with Gasteiger partial charge in [0, 0.05) is 18.5 Å². The molecule has 1 aromatic heterocycles. The Bertz CT molecular complexity index is 1120. The number of hydrogen-bond donors (Lipinski definition) is 0. The molecule has 4 rings (SSSR count). The van der Waals surface area contributed by atoms with Crippen LogP contribution in [0.5, 0.6) is 0 Å². The number of carbonyl (C=O) groups excluding carboxylic acids is 2. The van der Waals surface area contributed by atoms with Gasteiger partial charge in [0.2, 0.25) is 0 Å². The highest BCUT2D eigenvalue weighted by Crippen LogP contribution is 2.47. The lowest BCUT2D eigenvalue weighted by Crippen LogP contribution is -2.55. The minimum atomic E-state index is -0.640. The molecule has 0 N–H and O–H groups in total. The summed E-state index contributed by atoms with van der Waals surface area (Å²) >= 11 is 5.81. The van der Waals surface area contributed by atoms with E-state index in [9.17, 15) is 9.59 Å². The average Bonchev–Trinajstić information content (AvgIpc) is 3.00. The van der Waals surface area contributed by atoms with Crippen LogP contribution in [0.15, 0.2) is 36.5 Å². The van der Waals surface area contributed by atoms with Gasteiger partial charge in [-0.15, -0.1) is 4.98 Å². The Kier molecular flexibility index (Phi) is 6.07. The summed E-state index contributed by atoms with van der Waals surface area (Å²) in [6.45, 7) is 10.9. The van der Waals surface area contributed by atoms with Crippen molar-refractivity contribution < 1.29 is 9.59 Å². The first-order chi connectivity index (χ1) is 15.4. The Morgan fingerprint density at radius 1 is 1.25 bits per heavy atom. The Morgan fingerprint density at radius 3 is 2.53 bits per heavy atom. The van der Waals surface area contributed by atoms with Gasteiger partial charge < -0.3 is 9.74 Å². The van der Waals surface area contributed by atoms with E-state index in [1.54, 1.807) is 17.2 Å². The number of thiocarbonyl (C=S) groups is 1. The summed E-state index contributed by atoms with van der Waals surface area (Å²) in [4.78, 5) is 36.3. The molecule has 6 nitrogen and oxygen atoms in total. The third-order valence-corrected chi connectivity index (χ3v) is 6.87. The lowest BCUT2D eigenvalue weighted by atomic mass is 9.75. The minimum absolute atomic E-state index is 0.0207. The van der Waals surface area contributed by atoms with E-state index < -0.39 is 5.54 Å². The molecule has 2 fully saturated rings. The van der Waals surface area contributed by atoms with Crippen molar-refractivity contribution in [2.75, 3.05) is 9.80 Å². The van der Waals surface area contributed by atoms with E-state index in [-0.39, 0.29) is 5.91 Å². The molecule has 1 amide bonds. The third-order valence-electron chi connectivity index (χ3n) is 6.50. The molecule has 1 saturated carbocycles. The molecule has 32 heavy (non-hydrogen) atoms. The summed E-state index contributed by atoms with van der Waals surface area (Å²) < 4.78 is 0. The largest absolute Gasteiger partial charge is 0.360 e. The van der Waals surface area contributed by atoms with Crippen molar-refractivity contribution >= 4 is 46.2 Å². The monoisotopic (exact) mass is 446 g/mol. The van der Waals surface area contributed by atoms with Gasteiger partial charge in [0.1, 0.15) is 17.5 Å². The summed E-state index contributed by atoms with van der Waals surface area (Å²) in [5.74, 6) is 0.606. The second-order valence-corrected chi connectivity index (χ2v) is 8.87. The molecule has 2 heterocycles. The number of rotatable bonds is 7. The van der Waals surface area contributed by atoms with Crippen LogP contribution in [0.1, 0.15) is 56.6 Å². The molecule has 1 aliphatic carbocycles. The zero-order valence-electron chi connectivity index (χ0n) is 18.4. The molecular formula is C25H26N4O2S. The molecule has 1 spiro atoms. The number of pyridine rings is 1. The van der Waals surface area contributed by atoms with Gasteiger partial charge in [-0.2, -0.15) is 0 Å². The normalized spacial score (nSPS) is 16.9. The number of Topliss-reactive ketones (excluding diaryl/α,β-unsaturated/α-hetero) is 1. The number of aromatic nitrogens is 1.